The molecule has 0 radical (unpaired) electrons. The highest BCUT2D eigenvalue weighted by atomic mass is 16.4. The molecule has 1 aromatic carbocycles. The van der Waals surface area contributed by atoms with Gasteiger partial charge in [0.2, 0.25) is 17.7 Å². The lowest BCUT2D eigenvalue weighted by Crippen LogP contribution is -2.55. The van der Waals surface area contributed by atoms with Gasteiger partial charge in [0.25, 0.3) is 0 Å². The summed E-state index contributed by atoms with van der Waals surface area (Å²) in [6.07, 6.45) is 1.94. The van der Waals surface area contributed by atoms with Crippen LogP contribution in [0.15, 0.2) is 30.5 Å². The second-order valence-corrected chi connectivity index (χ2v) is 6.69. The van der Waals surface area contributed by atoms with E-state index < -0.39 is 41.8 Å². The Labute approximate surface area is 167 Å². The van der Waals surface area contributed by atoms with Crippen LogP contribution in [0.25, 0.3) is 10.9 Å². The Morgan fingerprint density at radius 1 is 1.03 bits per heavy atom. The van der Waals surface area contributed by atoms with Crippen LogP contribution in [0.1, 0.15) is 19.4 Å². The van der Waals surface area contributed by atoms with Gasteiger partial charge in [0.1, 0.15) is 18.1 Å². The van der Waals surface area contributed by atoms with E-state index in [0.29, 0.717) is 0 Å². The van der Waals surface area contributed by atoms with Crippen molar-refractivity contribution in [2.75, 3.05) is 6.54 Å². The molecule has 2 aromatic rings. The molecule has 29 heavy (non-hydrogen) atoms. The zero-order chi connectivity index (χ0) is 21.6. The lowest BCUT2D eigenvalue weighted by molar-refractivity contribution is -0.141. The second-order valence-electron chi connectivity index (χ2n) is 6.69. The first kappa shape index (κ1) is 21.9. The normalized spacial score (nSPS) is 13.9. The summed E-state index contributed by atoms with van der Waals surface area (Å²) in [6, 6.07) is 4.47. The van der Waals surface area contributed by atoms with E-state index in [1.54, 1.807) is 6.20 Å². The Morgan fingerprint density at radius 2 is 1.69 bits per heavy atom. The average molecular weight is 403 g/mol. The van der Waals surface area contributed by atoms with E-state index in [4.69, 9.17) is 10.8 Å². The molecule has 0 fully saturated rings. The summed E-state index contributed by atoms with van der Waals surface area (Å²) >= 11 is 0. The molecule has 156 valence electrons. The van der Waals surface area contributed by atoms with Crippen molar-refractivity contribution in [3.8, 4) is 0 Å². The standard InChI is InChI=1S/C19H25N5O5/c1-10(17(26)23-11(2)19(28)29)22-18(27)15(24-16(25)8-20)7-12-9-21-14-6-4-3-5-13(12)14/h3-6,9-11,15,21H,7-8,20H2,1-2H3,(H,22,27)(H,23,26)(H,24,25)(H,28,29). The highest BCUT2D eigenvalue weighted by Gasteiger charge is 2.26. The van der Waals surface area contributed by atoms with Crippen molar-refractivity contribution in [3.63, 3.8) is 0 Å². The van der Waals surface area contributed by atoms with E-state index in [1.807, 2.05) is 24.3 Å². The van der Waals surface area contributed by atoms with Crippen LogP contribution in [0.5, 0.6) is 0 Å². The van der Waals surface area contributed by atoms with Gasteiger partial charge in [-0.1, -0.05) is 18.2 Å². The Bertz CT molecular complexity index is 909. The van der Waals surface area contributed by atoms with Gasteiger partial charge in [0.05, 0.1) is 6.54 Å². The van der Waals surface area contributed by atoms with Gasteiger partial charge in [0, 0.05) is 23.5 Å². The van der Waals surface area contributed by atoms with E-state index >= 15 is 0 Å². The van der Waals surface area contributed by atoms with Gasteiger partial charge in [-0.3, -0.25) is 19.2 Å². The molecule has 3 amide bonds. The lowest BCUT2D eigenvalue weighted by Gasteiger charge is -2.21. The predicted octanol–water partition coefficient (Wildman–Crippen LogP) is -0.752. The van der Waals surface area contributed by atoms with Crippen LogP contribution >= 0.6 is 0 Å². The number of aromatic amines is 1. The third-order valence-corrected chi connectivity index (χ3v) is 4.42. The minimum atomic E-state index is -1.19. The fourth-order valence-corrected chi connectivity index (χ4v) is 2.76. The predicted molar refractivity (Wildman–Crippen MR) is 106 cm³/mol. The number of carbonyl (C=O) groups is 4. The van der Waals surface area contributed by atoms with Gasteiger partial charge in [-0.25, -0.2) is 0 Å². The van der Waals surface area contributed by atoms with Gasteiger partial charge in [-0.15, -0.1) is 0 Å². The van der Waals surface area contributed by atoms with E-state index in [2.05, 4.69) is 20.9 Å². The first-order valence-corrected chi connectivity index (χ1v) is 9.11. The number of rotatable bonds is 9. The number of para-hydroxylation sites is 1. The Kier molecular flexibility index (Phi) is 7.32. The molecule has 7 N–H and O–H groups in total. The molecule has 0 saturated heterocycles. The molecule has 0 saturated carbocycles. The molecular weight excluding hydrogens is 378 g/mol. The molecule has 3 atom stereocenters. The zero-order valence-corrected chi connectivity index (χ0v) is 16.2. The molecule has 1 aromatic heterocycles. The number of benzene rings is 1. The van der Waals surface area contributed by atoms with Crippen LogP contribution in [-0.2, 0) is 25.6 Å². The fourth-order valence-electron chi connectivity index (χ4n) is 2.76. The topological polar surface area (TPSA) is 166 Å². The summed E-state index contributed by atoms with van der Waals surface area (Å²) < 4.78 is 0. The smallest absolute Gasteiger partial charge is 0.325 e. The molecule has 0 bridgehead atoms. The first-order valence-electron chi connectivity index (χ1n) is 9.11. The molecular formula is C19H25N5O5. The largest absolute Gasteiger partial charge is 0.480 e. The molecule has 1 heterocycles. The number of hydrogen-bond acceptors (Lipinski definition) is 5. The van der Waals surface area contributed by atoms with E-state index in [9.17, 15) is 19.2 Å². The number of nitrogens with one attached hydrogen (secondary N) is 4. The van der Waals surface area contributed by atoms with Crippen LogP contribution < -0.4 is 21.7 Å². The lowest BCUT2D eigenvalue weighted by atomic mass is 10.0. The molecule has 0 aliphatic carbocycles. The highest BCUT2D eigenvalue weighted by Crippen LogP contribution is 2.19. The van der Waals surface area contributed by atoms with Gasteiger partial charge in [-0.2, -0.15) is 0 Å². The number of carboxylic acids is 1. The van der Waals surface area contributed by atoms with E-state index in [-0.39, 0.29) is 13.0 Å². The number of carboxylic acid groups (broad SMARTS) is 1. The SMILES string of the molecule is CC(NC(=O)C(C)NC(=O)C(Cc1c[nH]c2ccccc12)NC(=O)CN)C(=O)O. The molecule has 2 rings (SSSR count). The van der Waals surface area contributed by atoms with Crippen molar-refractivity contribution < 1.29 is 24.3 Å². The number of fused-ring (bicyclic) bond motifs is 1. The molecule has 0 aliphatic rings. The summed E-state index contributed by atoms with van der Waals surface area (Å²) in [6.45, 7) is 2.45. The number of carbonyl (C=O) groups excluding carboxylic acids is 3. The summed E-state index contributed by atoms with van der Waals surface area (Å²) in [5.74, 6) is -2.93. The summed E-state index contributed by atoms with van der Waals surface area (Å²) in [5, 5.41) is 17.1. The van der Waals surface area contributed by atoms with Crippen molar-refractivity contribution in [3.05, 3.63) is 36.0 Å². The number of nitrogens with two attached hydrogens (primary N) is 1. The fraction of sp³-hybridized carbons (Fsp3) is 0.368. The third kappa shape index (κ3) is 5.79. The maximum atomic E-state index is 12.7. The van der Waals surface area contributed by atoms with Crippen LogP contribution in [0.3, 0.4) is 0 Å². The van der Waals surface area contributed by atoms with Crippen LogP contribution in [0.2, 0.25) is 0 Å². The Morgan fingerprint density at radius 3 is 2.34 bits per heavy atom. The van der Waals surface area contributed by atoms with Crippen molar-refractivity contribution in [1.82, 2.24) is 20.9 Å². The summed E-state index contributed by atoms with van der Waals surface area (Å²) in [5.41, 5.74) is 7.05. The average Bonchev–Trinajstić information content (AvgIpc) is 3.09. The van der Waals surface area contributed by atoms with Crippen molar-refractivity contribution in [1.29, 1.82) is 0 Å². The molecule has 0 spiro atoms. The van der Waals surface area contributed by atoms with E-state index in [1.165, 1.54) is 13.8 Å². The van der Waals surface area contributed by atoms with Crippen LogP contribution in [0, 0.1) is 0 Å². The van der Waals surface area contributed by atoms with E-state index in [0.717, 1.165) is 16.5 Å². The van der Waals surface area contributed by atoms with Gasteiger partial charge in [-0.05, 0) is 25.5 Å². The van der Waals surface area contributed by atoms with Crippen LogP contribution in [0.4, 0.5) is 0 Å². The monoisotopic (exact) mass is 403 g/mol. The van der Waals surface area contributed by atoms with Gasteiger partial charge < -0.3 is 31.8 Å². The number of aliphatic carboxylic acids is 1. The van der Waals surface area contributed by atoms with Crippen molar-refractivity contribution in [2.24, 2.45) is 5.73 Å². The maximum Gasteiger partial charge on any atom is 0.325 e. The molecule has 10 heteroatoms. The maximum absolute atomic E-state index is 12.7. The van der Waals surface area contributed by atoms with Crippen LogP contribution in [-0.4, -0.2) is 58.5 Å². The Hall–Kier alpha value is -3.40. The minimum absolute atomic E-state index is 0.182. The first-order chi connectivity index (χ1) is 13.7. The highest BCUT2D eigenvalue weighted by molar-refractivity contribution is 5.94. The number of hydrogen-bond donors (Lipinski definition) is 6. The number of amides is 3. The van der Waals surface area contributed by atoms with Gasteiger partial charge in [0.15, 0.2) is 0 Å². The molecule has 10 nitrogen and oxygen atoms in total. The minimum Gasteiger partial charge on any atom is -0.480 e. The number of aromatic nitrogens is 1. The van der Waals surface area contributed by atoms with Crippen molar-refractivity contribution >= 4 is 34.6 Å². The number of H-pyrrole nitrogens is 1. The molecule has 0 aliphatic heterocycles. The quantitative estimate of drug-likeness (QED) is 0.322. The third-order valence-electron chi connectivity index (χ3n) is 4.42. The second kappa shape index (κ2) is 9.69. The van der Waals surface area contributed by atoms with Gasteiger partial charge >= 0.3 is 5.97 Å². The zero-order valence-electron chi connectivity index (χ0n) is 16.2. The Balaban J connectivity index is 2.12. The molecule has 3 unspecified atom stereocenters. The summed E-state index contributed by atoms with van der Waals surface area (Å²) in [4.78, 5) is 50.6. The summed E-state index contributed by atoms with van der Waals surface area (Å²) in [7, 11) is 0. The van der Waals surface area contributed by atoms with Crippen molar-refractivity contribution in [2.45, 2.75) is 38.4 Å².